The number of hydrogen-bond acceptors (Lipinski definition) is 1. The highest BCUT2D eigenvalue weighted by atomic mass is 15.3. The van der Waals surface area contributed by atoms with Gasteiger partial charge in [0.25, 0.3) is 0 Å². The van der Waals surface area contributed by atoms with Crippen LogP contribution < -0.4 is 0 Å². The summed E-state index contributed by atoms with van der Waals surface area (Å²) < 4.78 is 1.30. The normalized spacial score (nSPS) is 12.4. The summed E-state index contributed by atoms with van der Waals surface area (Å²) in [6.45, 7) is 20.6. The Kier molecular flexibility index (Phi) is 9.85. The summed E-state index contributed by atoms with van der Waals surface area (Å²) in [5.74, 6) is 0. The standard InChI is InChI=1S/C15H35N2/c1-6-12-16(13-7-2)14-11-15-17(8-3,9-4)10-5/h6-15H2,1-5H3/q+1. The Morgan fingerprint density at radius 2 is 1.18 bits per heavy atom. The van der Waals surface area contributed by atoms with Gasteiger partial charge in [0.1, 0.15) is 0 Å². The second-order valence-corrected chi connectivity index (χ2v) is 5.21. The molecule has 2 heteroatoms. The largest absolute Gasteiger partial charge is 0.324 e. The summed E-state index contributed by atoms with van der Waals surface area (Å²) >= 11 is 0. The molecular weight excluding hydrogens is 208 g/mol. The summed E-state index contributed by atoms with van der Waals surface area (Å²) in [6, 6.07) is 0. The molecule has 0 saturated carbocycles. The van der Waals surface area contributed by atoms with Gasteiger partial charge >= 0.3 is 0 Å². The summed E-state index contributed by atoms with van der Waals surface area (Å²) in [6.07, 6.45) is 3.93. The van der Waals surface area contributed by atoms with Crippen LogP contribution in [-0.2, 0) is 0 Å². The van der Waals surface area contributed by atoms with E-state index in [9.17, 15) is 0 Å². The molecule has 0 spiro atoms. The van der Waals surface area contributed by atoms with E-state index in [-0.39, 0.29) is 0 Å². The molecule has 0 saturated heterocycles. The van der Waals surface area contributed by atoms with Crippen LogP contribution in [0.5, 0.6) is 0 Å². The van der Waals surface area contributed by atoms with Gasteiger partial charge in [-0.1, -0.05) is 13.8 Å². The zero-order valence-corrected chi connectivity index (χ0v) is 13.0. The van der Waals surface area contributed by atoms with Crippen LogP contribution in [0.1, 0.15) is 53.9 Å². The third-order valence-corrected chi connectivity index (χ3v) is 4.20. The molecule has 0 aromatic carbocycles. The first kappa shape index (κ1) is 16.9. The van der Waals surface area contributed by atoms with Crippen LogP contribution in [0.25, 0.3) is 0 Å². The molecule has 0 radical (unpaired) electrons. The fourth-order valence-electron chi connectivity index (χ4n) is 2.74. The molecule has 0 bridgehead atoms. The molecule has 0 aliphatic rings. The first-order valence-electron chi connectivity index (χ1n) is 7.75. The van der Waals surface area contributed by atoms with Crippen molar-refractivity contribution in [3.05, 3.63) is 0 Å². The van der Waals surface area contributed by atoms with Gasteiger partial charge in [0.05, 0.1) is 26.2 Å². The molecule has 0 aromatic heterocycles. The van der Waals surface area contributed by atoms with Gasteiger partial charge in [-0.25, -0.2) is 0 Å². The van der Waals surface area contributed by atoms with Crippen molar-refractivity contribution in [2.24, 2.45) is 0 Å². The zero-order chi connectivity index (χ0) is 13.1. The van der Waals surface area contributed by atoms with E-state index in [2.05, 4.69) is 39.5 Å². The van der Waals surface area contributed by atoms with E-state index in [4.69, 9.17) is 0 Å². The fourth-order valence-corrected chi connectivity index (χ4v) is 2.74. The van der Waals surface area contributed by atoms with E-state index >= 15 is 0 Å². The van der Waals surface area contributed by atoms with Crippen molar-refractivity contribution in [3.63, 3.8) is 0 Å². The molecule has 0 unspecified atom stereocenters. The highest BCUT2D eigenvalue weighted by Crippen LogP contribution is 2.08. The number of rotatable bonds is 11. The highest BCUT2D eigenvalue weighted by Gasteiger charge is 2.20. The Bertz CT molecular complexity index is 150. The lowest BCUT2D eigenvalue weighted by Crippen LogP contribution is -2.48. The van der Waals surface area contributed by atoms with Crippen LogP contribution >= 0.6 is 0 Å². The lowest BCUT2D eigenvalue weighted by atomic mass is 10.2. The number of hydrogen-bond donors (Lipinski definition) is 0. The lowest BCUT2D eigenvalue weighted by Gasteiger charge is -2.36. The SMILES string of the molecule is CCCN(CCC)CCC[N+](CC)(CC)CC. The molecule has 0 atom stereocenters. The minimum Gasteiger partial charge on any atom is -0.324 e. The third kappa shape index (κ3) is 6.42. The van der Waals surface area contributed by atoms with Crippen molar-refractivity contribution in [2.45, 2.75) is 53.9 Å². The van der Waals surface area contributed by atoms with Crippen molar-refractivity contribution in [1.29, 1.82) is 0 Å². The molecule has 0 aromatic rings. The van der Waals surface area contributed by atoms with E-state index in [0.717, 1.165) is 0 Å². The Morgan fingerprint density at radius 1 is 0.706 bits per heavy atom. The first-order valence-corrected chi connectivity index (χ1v) is 7.75. The predicted octanol–water partition coefficient (Wildman–Crippen LogP) is 3.38. The molecule has 0 aliphatic heterocycles. The number of nitrogens with zero attached hydrogens (tertiary/aromatic N) is 2. The number of quaternary nitrogens is 1. The Balaban J connectivity index is 3.99. The second kappa shape index (κ2) is 9.90. The van der Waals surface area contributed by atoms with Crippen molar-refractivity contribution in [3.8, 4) is 0 Å². The van der Waals surface area contributed by atoms with Gasteiger partial charge in [-0.2, -0.15) is 0 Å². The van der Waals surface area contributed by atoms with Crippen LogP contribution in [0, 0.1) is 0 Å². The van der Waals surface area contributed by atoms with Crippen LogP contribution in [0.15, 0.2) is 0 Å². The fraction of sp³-hybridized carbons (Fsp3) is 1.00. The van der Waals surface area contributed by atoms with Crippen molar-refractivity contribution < 1.29 is 4.48 Å². The smallest absolute Gasteiger partial charge is 0.0798 e. The molecule has 0 heterocycles. The first-order chi connectivity index (χ1) is 8.17. The van der Waals surface area contributed by atoms with Gasteiger partial charge in [-0.3, -0.25) is 0 Å². The highest BCUT2D eigenvalue weighted by molar-refractivity contribution is 4.56. The van der Waals surface area contributed by atoms with Crippen molar-refractivity contribution >= 4 is 0 Å². The maximum Gasteiger partial charge on any atom is 0.0798 e. The van der Waals surface area contributed by atoms with Gasteiger partial charge in [0.15, 0.2) is 0 Å². The summed E-state index contributed by atoms with van der Waals surface area (Å²) in [7, 11) is 0. The van der Waals surface area contributed by atoms with E-state index in [1.54, 1.807) is 0 Å². The summed E-state index contributed by atoms with van der Waals surface area (Å²) in [5, 5.41) is 0. The Labute approximate surface area is 110 Å². The molecular formula is C15H35N2+. The summed E-state index contributed by atoms with van der Waals surface area (Å²) in [5.41, 5.74) is 0. The maximum atomic E-state index is 2.63. The van der Waals surface area contributed by atoms with Gasteiger partial charge < -0.3 is 9.38 Å². The molecule has 2 nitrogen and oxygen atoms in total. The maximum absolute atomic E-state index is 2.63. The van der Waals surface area contributed by atoms with E-state index in [0.29, 0.717) is 0 Å². The Hall–Kier alpha value is -0.0800. The monoisotopic (exact) mass is 243 g/mol. The van der Waals surface area contributed by atoms with Gasteiger partial charge in [0, 0.05) is 13.0 Å². The van der Waals surface area contributed by atoms with Crippen LogP contribution in [0.4, 0.5) is 0 Å². The molecule has 0 aliphatic carbocycles. The molecule has 0 amide bonds. The third-order valence-electron chi connectivity index (χ3n) is 4.20. The van der Waals surface area contributed by atoms with Crippen molar-refractivity contribution in [1.82, 2.24) is 4.90 Å². The van der Waals surface area contributed by atoms with Crippen molar-refractivity contribution in [2.75, 3.05) is 45.8 Å². The molecule has 0 fully saturated rings. The minimum atomic E-state index is 1.28. The van der Waals surface area contributed by atoms with Crippen LogP contribution in [-0.4, -0.2) is 55.2 Å². The van der Waals surface area contributed by atoms with Gasteiger partial charge in [0.2, 0.25) is 0 Å². The predicted molar refractivity (Wildman–Crippen MR) is 78.4 cm³/mol. The van der Waals surface area contributed by atoms with Gasteiger partial charge in [-0.05, 0) is 46.7 Å². The minimum absolute atomic E-state index is 1.28. The molecule has 17 heavy (non-hydrogen) atoms. The molecule has 104 valence electrons. The van der Waals surface area contributed by atoms with Crippen LogP contribution in [0.2, 0.25) is 0 Å². The van der Waals surface area contributed by atoms with Gasteiger partial charge in [-0.15, -0.1) is 0 Å². The molecule has 0 N–H and O–H groups in total. The Morgan fingerprint density at radius 3 is 1.53 bits per heavy atom. The van der Waals surface area contributed by atoms with Crippen LogP contribution in [0.3, 0.4) is 0 Å². The quantitative estimate of drug-likeness (QED) is 0.503. The topological polar surface area (TPSA) is 3.24 Å². The van der Waals surface area contributed by atoms with E-state index in [1.807, 2.05) is 0 Å². The zero-order valence-electron chi connectivity index (χ0n) is 13.0. The van der Waals surface area contributed by atoms with E-state index in [1.165, 1.54) is 69.6 Å². The molecule has 0 rings (SSSR count). The summed E-state index contributed by atoms with van der Waals surface area (Å²) in [4.78, 5) is 2.63. The van der Waals surface area contributed by atoms with E-state index < -0.39 is 0 Å². The second-order valence-electron chi connectivity index (χ2n) is 5.21. The average Bonchev–Trinajstić information content (AvgIpc) is 2.36. The lowest BCUT2D eigenvalue weighted by molar-refractivity contribution is -0.923. The average molecular weight is 243 g/mol.